The Morgan fingerprint density at radius 1 is 1.11 bits per heavy atom. The fraction of sp³-hybridized carbons (Fsp3) is 0.158. The van der Waals surface area contributed by atoms with Crippen molar-refractivity contribution in [3.05, 3.63) is 53.7 Å². The van der Waals surface area contributed by atoms with Crippen LogP contribution in [0.3, 0.4) is 0 Å². The maximum Gasteiger partial charge on any atom is 0.230 e. The fourth-order valence-corrected chi connectivity index (χ4v) is 2.77. The van der Waals surface area contributed by atoms with E-state index >= 15 is 0 Å². The van der Waals surface area contributed by atoms with Crippen LogP contribution in [-0.2, 0) is 0 Å². The Hall–Kier alpha value is -3.26. The second-order valence-electron chi connectivity index (χ2n) is 5.94. The first-order valence-corrected chi connectivity index (χ1v) is 8.66. The lowest BCUT2D eigenvalue weighted by Crippen LogP contribution is -2.26. The topological polar surface area (TPSA) is 97.5 Å². The van der Waals surface area contributed by atoms with Gasteiger partial charge in [-0.15, -0.1) is 0 Å². The van der Waals surface area contributed by atoms with Gasteiger partial charge in [-0.2, -0.15) is 4.99 Å². The normalized spacial score (nSPS) is 11.3. The summed E-state index contributed by atoms with van der Waals surface area (Å²) in [6, 6.07) is 13.4. The Kier molecular flexibility index (Phi) is 5.46. The van der Waals surface area contributed by atoms with Gasteiger partial charge in [0.1, 0.15) is 5.75 Å². The van der Waals surface area contributed by atoms with E-state index < -0.39 is 0 Å². The largest absolute Gasteiger partial charge is 0.497 e. The molecule has 2 aromatic carbocycles. The van der Waals surface area contributed by atoms with Gasteiger partial charge in [0, 0.05) is 17.1 Å². The Labute approximate surface area is 162 Å². The van der Waals surface area contributed by atoms with Crippen LogP contribution in [0.4, 0.5) is 11.6 Å². The molecule has 0 saturated heterocycles. The molecule has 3 aromatic rings. The first-order valence-electron chi connectivity index (χ1n) is 8.26. The zero-order valence-electron chi connectivity index (χ0n) is 15.3. The van der Waals surface area contributed by atoms with E-state index in [-0.39, 0.29) is 11.1 Å². The van der Waals surface area contributed by atoms with Gasteiger partial charge in [0.05, 0.1) is 18.3 Å². The highest BCUT2D eigenvalue weighted by Gasteiger charge is 2.06. The standard InChI is InChI=1S/C19H20N6OS/c1-11-7-8-16-15(9-11)12(2)21-18(23-16)24-17(20)25-19(27)22-13-5-4-6-14(10-13)26-3/h4-10H,1-3H3,(H4,20,21,22,23,24,25,27). The van der Waals surface area contributed by atoms with Crippen LogP contribution in [0.25, 0.3) is 10.9 Å². The molecule has 0 fully saturated rings. The maximum absolute atomic E-state index is 5.94. The van der Waals surface area contributed by atoms with Crippen LogP contribution in [0.15, 0.2) is 47.5 Å². The number of benzene rings is 2. The van der Waals surface area contributed by atoms with Crippen molar-refractivity contribution in [2.24, 2.45) is 10.7 Å². The number of rotatable bonds is 3. The van der Waals surface area contributed by atoms with Gasteiger partial charge in [-0.3, -0.25) is 5.32 Å². The average Bonchev–Trinajstić information content (AvgIpc) is 2.62. The average molecular weight is 380 g/mol. The van der Waals surface area contributed by atoms with Crippen LogP contribution >= 0.6 is 12.2 Å². The number of aryl methyl sites for hydroxylation is 2. The van der Waals surface area contributed by atoms with Gasteiger partial charge < -0.3 is 15.8 Å². The van der Waals surface area contributed by atoms with Crippen molar-refractivity contribution in [1.29, 1.82) is 0 Å². The summed E-state index contributed by atoms with van der Waals surface area (Å²) in [5, 5.41) is 7.08. The number of aliphatic imine (C=N–C) groups is 1. The van der Waals surface area contributed by atoms with Crippen molar-refractivity contribution in [3.63, 3.8) is 0 Å². The molecular formula is C19H20N6OS. The van der Waals surface area contributed by atoms with Crippen molar-refractivity contribution in [2.75, 3.05) is 17.7 Å². The van der Waals surface area contributed by atoms with E-state index in [1.165, 1.54) is 0 Å². The minimum absolute atomic E-state index is 0.0984. The van der Waals surface area contributed by atoms with E-state index in [9.17, 15) is 0 Å². The molecule has 8 heteroatoms. The quantitative estimate of drug-likeness (QED) is 0.364. The van der Waals surface area contributed by atoms with Crippen molar-refractivity contribution in [2.45, 2.75) is 13.8 Å². The van der Waals surface area contributed by atoms with E-state index in [1.807, 2.05) is 50.2 Å². The van der Waals surface area contributed by atoms with E-state index in [2.05, 4.69) is 31.7 Å². The first kappa shape index (κ1) is 18.5. The highest BCUT2D eigenvalue weighted by Crippen LogP contribution is 2.19. The molecule has 0 bridgehead atoms. The van der Waals surface area contributed by atoms with Crippen molar-refractivity contribution in [3.8, 4) is 5.75 Å². The van der Waals surface area contributed by atoms with Crippen LogP contribution in [0.2, 0.25) is 0 Å². The summed E-state index contributed by atoms with van der Waals surface area (Å²) in [5.74, 6) is 1.18. The van der Waals surface area contributed by atoms with Gasteiger partial charge in [0.25, 0.3) is 0 Å². The van der Waals surface area contributed by atoms with Gasteiger partial charge in [0.15, 0.2) is 0 Å². The molecule has 0 aliphatic heterocycles. The highest BCUT2D eigenvalue weighted by molar-refractivity contribution is 7.80. The Bertz CT molecular complexity index is 1030. The van der Waals surface area contributed by atoms with Crippen LogP contribution in [0, 0.1) is 13.8 Å². The number of hydrogen-bond donors (Lipinski definition) is 3. The Morgan fingerprint density at radius 2 is 1.93 bits per heavy atom. The van der Waals surface area contributed by atoms with Gasteiger partial charge in [-0.25, -0.2) is 9.97 Å². The highest BCUT2D eigenvalue weighted by atomic mass is 32.1. The predicted octanol–water partition coefficient (Wildman–Crippen LogP) is 3.38. The lowest BCUT2D eigenvalue weighted by molar-refractivity contribution is 0.415. The van der Waals surface area contributed by atoms with Crippen molar-refractivity contribution in [1.82, 2.24) is 9.97 Å². The summed E-state index contributed by atoms with van der Waals surface area (Å²) >= 11 is 5.22. The predicted molar refractivity (Wildman–Crippen MR) is 113 cm³/mol. The number of hydrogen-bond acceptors (Lipinski definition) is 4. The number of ether oxygens (including phenoxy) is 1. The monoisotopic (exact) mass is 380 g/mol. The molecule has 4 N–H and O–H groups in total. The zero-order chi connectivity index (χ0) is 19.4. The van der Waals surface area contributed by atoms with Crippen LogP contribution in [0.5, 0.6) is 5.75 Å². The molecule has 27 heavy (non-hydrogen) atoms. The molecule has 0 aliphatic carbocycles. The smallest absolute Gasteiger partial charge is 0.230 e. The van der Waals surface area contributed by atoms with E-state index in [1.54, 1.807) is 7.11 Å². The Morgan fingerprint density at radius 3 is 2.70 bits per heavy atom. The van der Waals surface area contributed by atoms with Crippen molar-refractivity contribution >= 4 is 45.8 Å². The Balaban J connectivity index is 1.73. The molecule has 138 valence electrons. The molecule has 3 rings (SSSR count). The number of nitrogens with two attached hydrogens (primary N) is 1. The summed E-state index contributed by atoms with van der Waals surface area (Å²) in [4.78, 5) is 13.0. The summed E-state index contributed by atoms with van der Waals surface area (Å²) in [7, 11) is 1.60. The molecule has 0 atom stereocenters. The fourth-order valence-electron chi connectivity index (χ4n) is 2.56. The first-order chi connectivity index (χ1) is 12.9. The molecule has 1 heterocycles. The van der Waals surface area contributed by atoms with Gasteiger partial charge in [0.2, 0.25) is 17.0 Å². The lowest BCUT2D eigenvalue weighted by atomic mass is 10.1. The molecule has 0 radical (unpaired) electrons. The third-order valence-corrected chi connectivity index (χ3v) is 4.02. The third-order valence-electron chi connectivity index (χ3n) is 3.82. The number of guanidine groups is 1. The van der Waals surface area contributed by atoms with Crippen molar-refractivity contribution < 1.29 is 4.74 Å². The molecule has 1 aromatic heterocycles. The molecule has 7 nitrogen and oxygen atoms in total. The molecule has 0 spiro atoms. The second kappa shape index (κ2) is 7.96. The number of aromatic nitrogens is 2. The number of thiocarbonyl (C=S) groups is 1. The van der Waals surface area contributed by atoms with E-state index in [4.69, 9.17) is 22.7 Å². The lowest BCUT2D eigenvalue weighted by Gasteiger charge is -2.09. The third kappa shape index (κ3) is 4.68. The summed E-state index contributed by atoms with van der Waals surface area (Å²) in [6.45, 7) is 3.96. The molecule has 0 saturated carbocycles. The number of methoxy groups -OCH3 is 1. The maximum atomic E-state index is 5.94. The molecule has 0 amide bonds. The van der Waals surface area contributed by atoms with Crippen LogP contribution in [0.1, 0.15) is 11.3 Å². The van der Waals surface area contributed by atoms with Gasteiger partial charge in [-0.05, 0) is 50.3 Å². The second-order valence-corrected chi connectivity index (χ2v) is 6.32. The molecule has 0 unspecified atom stereocenters. The molecular weight excluding hydrogens is 360 g/mol. The number of fused-ring (bicyclic) bond motifs is 1. The zero-order valence-corrected chi connectivity index (χ0v) is 16.1. The summed E-state index contributed by atoms with van der Waals surface area (Å²) in [6.07, 6.45) is 0. The summed E-state index contributed by atoms with van der Waals surface area (Å²) < 4.78 is 5.18. The van der Waals surface area contributed by atoms with Gasteiger partial charge in [-0.1, -0.05) is 17.7 Å². The van der Waals surface area contributed by atoms with Gasteiger partial charge >= 0.3 is 0 Å². The van der Waals surface area contributed by atoms with E-state index in [0.717, 1.165) is 27.8 Å². The van der Waals surface area contributed by atoms with Crippen LogP contribution in [-0.4, -0.2) is 28.1 Å². The minimum Gasteiger partial charge on any atom is -0.497 e. The van der Waals surface area contributed by atoms with E-state index in [0.29, 0.717) is 11.7 Å². The molecule has 0 aliphatic rings. The minimum atomic E-state index is 0.0984. The summed E-state index contributed by atoms with van der Waals surface area (Å²) in [5.41, 5.74) is 9.54. The number of anilines is 2. The number of nitrogens with one attached hydrogen (secondary N) is 2. The van der Waals surface area contributed by atoms with Crippen LogP contribution < -0.4 is 21.1 Å². The number of nitrogens with zero attached hydrogens (tertiary/aromatic N) is 3. The SMILES string of the molecule is COc1cccc(NC(=S)/N=C(\N)Nc2nc(C)c3cc(C)ccc3n2)c1.